The average molecular weight is 480 g/mol. The molecule has 6 rings (SSSR count). The lowest BCUT2D eigenvalue weighted by atomic mass is 9.82. The number of fused-ring (bicyclic) bond motifs is 4. The molecule has 0 spiro atoms. The first-order valence-corrected chi connectivity index (χ1v) is 11.9. The Morgan fingerprint density at radius 3 is 2.89 bits per heavy atom. The highest BCUT2D eigenvalue weighted by Gasteiger charge is 2.47. The van der Waals surface area contributed by atoms with Gasteiger partial charge in [0.2, 0.25) is 5.91 Å². The fraction of sp³-hybridized carbons (Fsp3) is 0.423. The van der Waals surface area contributed by atoms with Crippen LogP contribution in [0.3, 0.4) is 0 Å². The van der Waals surface area contributed by atoms with Crippen LogP contribution in [-0.4, -0.2) is 63.4 Å². The Balaban J connectivity index is 1.54. The highest BCUT2D eigenvalue weighted by Crippen LogP contribution is 2.46. The zero-order valence-corrected chi connectivity index (χ0v) is 19.6. The van der Waals surface area contributed by atoms with E-state index in [1.54, 1.807) is 13.8 Å². The lowest BCUT2D eigenvalue weighted by Crippen LogP contribution is -2.47. The molecule has 3 aliphatic heterocycles. The Kier molecular flexibility index (Phi) is 4.82. The van der Waals surface area contributed by atoms with Crippen molar-refractivity contribution < 1.29 is 28.9 Å². The van der Waals surface area contributed by atoms with Gasteiger partial charge in [-0.3, -0.25) is 4.79 Å². The minimum atomic E-state index is -1.71. The molecule has 4 aliphatic rings. The third-order valence-electron chi connectivity index (χ3n) is 7.75. The molecule has 0 unspecified atom stereocenters. The lowest BCUT2D eigenvalue weighted by Gasteiger charge is -2.37. The number of nitrogens with one attached hydrogen (secondary N) is 1. The third-order valence-corrected chi connectivity index (χ3v) is 7.75. The van der Waals surface area contributed by atoms with E-state index in [2.05, 4.69) is 10.2 Å². The van der Waals surface area contributed by atoms with Crippen molar-refractivity contribution in [1.29, 1.82) is 0 Å². The lowest BCUT2D eigenvalue weighted by molar-refractivity contribution is -0.163. The summed E-state index contributed by atoms with van der Waals surface area (Å²) in [5, 5.41) is 24.0. The molecular weight excluding hydrogens is 453 g/mol. The summed E-state index contributed by atoms with van der Waals surface area (Å²) >= 11 is 0. The van der Waals surface area contributed by atoms with Gasteiger partial charge in [0.05, 0.1) is 11.4 Å². The van der Waals surface area contributed by atoms with E-state index in [-0.39, 0.29) is 24.9 Å². The van der Waals surface area contributed by atoms with Gasteiger partial charge in [-0.05, 0) is 54.5 Å². The van der Waals surface area contributed by atoms with Crippen LogP contribution in [0.5, 0.6) is 0 Å². The van der Waals surface area contributed by atoms with Gasteiger partial charge >= 0.3 is 5.97 Å². The number of cyclic esters (lactones) is 1. The number of amides is 1. The number of aliphatic hydroxyl groups is 2. The number of pyridine rings is 1. The predicted octanol–water partition coefficient (Wildman–Crippen LogP) is 1.42. The molecular formula is C26H26FN3O5. The smallest absolute Gasteiger partial charge is 0.343 e. The second-order valence-corrected chi connectivity index (χ2v) is 9.83. The number of nitrogens with zero attached hydrogens (tertiary/aromatic N) is 2. The van der Waals surface area contributed by atoms with Gasteiger partial charge in [-0.1, -0.05) is 13.0 Å². The van der Waals surface area contributed by atoms with Crippen LogP contribution in [-0.2, 0) is 33.7 Å². The van der Waals surface area contributed by atoms with Crippen LogP contribution in [0.1, 0.15) is 41.3 Å². The van der Waals surface area contributed by atoms with Crippen molar-refractivity contribution in [2.75, 3.05) is 19.8 Å². The molecule has 0 radical (unpaired) electrons. The molecule has 1 aromatic carbocycles. The fourth-order valence-electron chi connectivity index (χ4n) is 6.02. The number of rotatable bonds is 3. The zero-order valence-electron chi connectivity index (χ0n) is 19.6. The number of esters is 1. The molecule has 182 valence electrons. The fourth-order valence-corrected chi connectivity index (χ4v) is 6.02. The van der Waals surface area contributed by atoms with Gasteiger partial charge in [-0.2, -0.15) is 0 Å². The highest BCUT2D eigenvalue weighted by molar-refractivity contribution is 5.94. The Hall–Kier alpha value is -3.30. The summed E-state index contributed by atoms with van der Waals surface area (Å²) in [5.41, 5.74) is 4.68. The minimum Gasteiger partial charge on any atom is -0.459 e. The zero-order chi connectivity index (χ0) is 24.6. The summed E-state index contributed by atoms with van der Waals surface area (Å²) in [5.74, 6) is -1.47. The van der Waals surface area contributed by atoms with Crippen molar-refractivity contribution in [2.45, 2.75) is 51.3 Å². The van der Waals surface area contributed by atoms with Gasteiger partial charge < -0.3 is 25.2 Å². The first kappa shape index (κ1) is 22.2. The summed E-state index contributed by atoms with van der Waals surface area (Å²) in [7, 11) is 0. The quantitative estimate of drug-likeness (QED) is 0.571. The van der Waals surface area contributed by atoms with Gasteiger partial charge in [-0.25, -0.2) is 14.2 Å². The Labute approximate surface area is 201 Å². The summed E-state index contributed by atoms with van der Waals surface area (Å²) in [6.45, 7) is 4.00. The largest absolute Gasteiger partial charge is 0.459 e. The molecule has 8 nitrogen and oxygen atoms in total. The van der Waals surface area contributed by atoms with Crippen LogP contribution in [0.2, 0.25) is 0 Å². The Morgan fingerprint density at radius 1 is 1.34 bits per heavy atom. The molecule has 2 aromatic rings. The van der Waals surface area contributed by atoms with Crippen molar-refractivity contribution >= 4 is 28.5 Å². The van der Waals surface area contributed by atoms with E-state index in [1.807, 2.05) is 12.1 Å². The van der Waals surface area contributed by atoms with E-state index in [0.717, 1.165) is 33.3 Å². The van der Waals surface area contributed by atoms with E-state index >= 15 is 4.39 Å². The maximum Gasteiger partial charge on any atom is 0.343 e. The summed E-state index contributed by atoms with van der Waals surface area (Å²) < 4.78 is 20.6. The SMILES string of the molecule is CC[C@@]1(O)C(=O)OCC2=C1C=C1c3nc4c(F)c(C)cc5c4c(c3CN1C2)C[C@@H](NC(=O)CO)C5. The topological polar surface area (TPSA) is 112 Å². The third kappa shape index (κ3) is 3.07. The molecule has 9 heteroatoms. The minimum absolute atomic E-state index is 0.128. The maximum absolute atomic E-state index is 15.4. The molecule has 3 N–H and O–H groups in total. The van der Waals surface area contributed by atoms with E-state index < -0.39 is 24.1 Å². The second-order valence-electron chi connectivity index (χ2n) is 9.83. The van der Waals surface area contributed by atoms with Crippen LogP contribution in [0, 0.1) is 12.7 Å². The van der Waals surface area contributed by atoms with E-state index in [9.17, 15) is 19.8 Å². The number of halogens is 1. The maximum atomic E-state index is 15.4. The standard InChI is InChI=1S/C26H26FN3O5/c1-3-26(34)18-7-19-23-17(9-30(19)8-14(18)11-35-25(26)33)16-6-15(28-20(32)10-31)5-13-4-12(2)22(27)24(29-23)21(13)16/h4,7,15,31,34H,3,5-6,8-11H2,1-2H3,(H,28,32)/t15-,26-/m0/s1. The van der Waals surface area contributed by atoms with E-state index in [0.29, 0.717) is 48.3 Å². The van der Waals surface area contributed by atoms with Gasteiger partial charge in [0.25, 0.3) is 0 Å². The van der Waals surface area contributed by atoms with Gasteiger partial charge in [0.1, 0.15) is 18.7 Å². The number of hydrogen-bond acceptors (Lipinski definition) is 7. The molecule has 1 aromatic heterocycles. The van der Waals surface area contributed by atoms with Crippen LogP contribution < -0.4 is 5.32 Å². The average Bonchev–Trinajstić information content (AvgIpc) is 3.21. The van der Waals surface area contributed by atoms with Crippen LogP contribution in [0.25, 0.3) is 16.6 Å². The first-order valence-electron chi connectivity index (χ1n) is 11.9. The van der Waals surface area contributed by atoms with Crippen molar-refractivity contribution in [3.63, 3.8) is 0 Å². The number of hydrogen-bond donors (Lipinski definition) is 3. The van der Waals surface area contributed by atoms with E-state index in [4.69, 9.17) is 9.72 Å². The van der Waals surface area contributed by atoms with Crippen LogP contribution >= 0.6 is 0 Å². The summed E-state index contributed by atoms with van der Waals surface area (Å²) in [4.78, 5) is 31.3. The number of benzene rings is 1. The number of aryl methyl sites for hydroxylation is 1. The second kappa shape index (κ2) is 7.60. The van der Waals surface area contributed by atoms with E-state index in [1.165, 1.54) is 0 Å². The highest BCUT2D eigenvalue weighted by atomic mass is 19.1. The number of carbonyl (C=O) groups is 2. The number of carbonyl (C=O) groups excluding carboxylic acids is 2. The van der Waals surface area contributed by atoms with Gasteiger partial charge in [0, 0.05) is 35.7 Å². The Morgan fingerprint density at radius 2 is 2.14 bits per heavy atom. The molecule has 1 amide bonds. The molecule has 2 atom stereocenters. The molecule has 0 bridgehead atoms. The van der Waals surface area contributed by atoms with Crippen molar-refractivity contribution in [1.82, 2.24) is 15.2 Å². The first-order chi connectivity index (χ1) is 16.7. The van der Waals surface area contributed by atoms with Crippen molar-refractivity contribution in [3.05, 3.63) is 57.1 Å². The van der Waals surface area contributed by atoms with Crippen LogP contribution in [0.15, 0.2) is 23.3 Å². The number of aliphatic hydroxyl groups excluding tert-OH is 1. The Bertz CT molecular complexity index is 1400. The van der Waals surface area contributed by atoms with Crippen molar-refractivity contribution in [2.24, 2.45) is 0 Å². The number of aromatic nitrogens is 1. The summed E-state index contributed by atoms with van der Waals surface area (Å²) in [6.07, 6.45) is 3.02. The molecule has 35 heavy (non-hydrogen) atoms. The number of ether oxygens (including phenoxy) is 1. The van der Waals surface area contributed by atoms with Gasteiger partial charge in [-0.15, -0.1) is 0 Å². The van der Waals surface area contributed by atoms with Gasteiger partial charge in [0.15, 0.2) is 11.4 Å². The molecule has 0 saturated heterocycles. The molecule has 0 saturated carbocycles. The molecule has 0 fully saturated rings. The van der Waals surface area contributed by atoms with Crippen molar-refractivity contribution in [3.8, 4) is 0 Å². The molecule has 1 aliphatic carbocycles. The summed E-state index contributed by atoms with van der Waals surface area (Å²) in [6, 6.07) is 1.59. The molecule has 4 heterocycles. The predicted molar refractivity (Wildman–Crippen MR) is 124 cm³/mol. The van der Waals surface area contributed by atoms with Crippen LogP contribution in [0.4, 0.5) is 4.39 Å². The monoisotopic (exact) mass is 479 g/mol. The normalized spacial score (nSPS) is 24.6.